The Kier molecular flexibility index (Phi) is 10.2. The number of ether oxygens (including phenoxy) is 1. The van der Waals surface area contributed by atoms with Gasteiger partial charge in [0.05, 0.1) is 0 Å². The second-order valence-electron chi connectivity index (χ2n) is 6.71. The molecular formula is C20H32O3. The van der Waals surface area contributed by atoms with Crippen LogP contribution in [-0.2, 0) is 16.0 Å². The highest BCUT2D eigenvalue weighted by Crippen LogP contribution is 2.17. The Bertz CT molecular complexity index is 467. The smallest absolute Gasteiger partial charge is 0.175 e. The molecule has 0 aromatic heterocycles. The van der Waals surface area contributed by atoms with Crippen molar-refractivity contribution in [1.29, 1.82) is 0 Å². The van der Waals surface area contributed by atoms with Crippen LogP contribution < -0.4 is 4.74 Å². The summed E-state index contributed by atoms with van der Waals surface area (Å²) in [5.74, 6) is 1.05. The van der Waals surface area contributed by atoms with Gasteiger partial charge in [-0.2, -0.15) is 0 Å². The zero-order valence-corrected chi connectivity index (χ0v) is 15.6. The molecule has 0 spiro atoms. The molecule has 0 fully saturated rings. The number of Topliss-reactive ketones (excluding diaryl/α,β-unsaturated/α-hetero) is 2. The fourth-order valence-electron chi connectivity index (χ4n) is 1.58. The van der Waals surface area contributed by atoms with Crippen LogP contribution in [0.1, 0.15) is 66.4 Å². The van der Waals surface area contributed by atoms with Crippen molar-refractivity contribution in [3.8, 4) is 5.75 Å². The molecule has 0 radical (unpaired) electrons. The predicted molar refractivity (Wildman–Crippen MR) is 96.0 cm³/mol. The Morgan fingerprint density at radius 1 is 1.00 bits per heavy atom. The van der Waals surface area contributed by atoms with Crippen molar-refractivity contribution >= 4 is 11.6 Å². The maximum atomic E-state index is 11.8. The van der Waals surface area contributed by atoms with Crippen LogP contribution >= 0.6 is 0 Å². The van der Waals surface area contributed by atoms with Gasteiger partial charge in [0.2, 0.25) is 0 Å². The van der Waals surface area contributed by atoms with Crippen molar-refractivity contribution in [2.24, 2.45) is 5.41 Å². The number of hydrogen-bond acceptors (Lipinski definition) is 3. The van der Waals surface area contributed by atoms with Crippen LogP contribution in [-0.4, -0.2) is 18.2 Å². The summed E-state index contributed by atoms with van der Waals surface area (Å²) < 4.78 is 5.48. The monoisotopic (exact) mass is 320 g/mol. The molecule has 0 heterocycles. The van der Waals surface area contributed by atoms with Gasteiger partial charge in [0, 0.05) is 18.3 Å². The van der Waals surface area contributed by atoms with Gasteiger partial charge in [0.1, 0.15) is 18.1 Å². The molecule has 23 heavy (non-hydrogen) atoms. The Balaban J connectivity index is 0.00000149. The van der Waals surface area contributed by atoms with E-state index in [1.54, 1.807) is 0 Å². The van der Waals surface area contributed by atoms with Gasteiger partial charge >= 0.3 is 0 Å². The predicted octanol–water partition coefficient (Wildman–Crippen LogP) is 5.01. The first-order valence-corrected chi connectivity index (χ1v) is 8.51. The largest absolute Gasteiger partial charge is 0.486 e. The number of ketones is 2. The first kappa shape index (κ1) is 21.4. The normalized spacial score (nSPS) is 10.5. The van der Waals surface area contributed by atoms with Crippen molar-refractivity contribution < 1.29 is 14.3 Å². The first-order chi connectivity index (χ1) is 10.7. The highest BCUT2D eigenvalue weighted by Gasteiger charge is 2.21. The quantitative estimate of drug-likeness (QED) is 0.709. The minimum atomic E-state index is -0.375. The lowest BCUT2D eigenvalue weighted by atomic mass is 9.91. The Morgan fingerprint density at radius 2 is 1.52 bits per heavy atom. The fourth-order valence-corrected chi connectivity index (χ4v) is 1.58. The minimum Gasteiger partial charge on any atom is -0.486 e. The lowest BCUT2D eigenvalue weighted by molar-refractivity contribution is -0.128. The summed E-state index contributed by atoms with van der Waals surface area (Å²) in [5.41, 5.74) is 0.738. The maximum Gasteiger partial charge on any atom is 0.175 e. The summed E-state index contributed by atoms with van der Waals surface area (Å²) in [7, 11) is 0. The first-order valence-electron chi connectivity index (χ1n) is 8.51. The van der Waals surface area contributed by atoms with E-state index in [1.165, 1.54) is 6.42 Å². The molecule has 1 aromatic carbocycles. The van der Waals surface area contributed by atoms with Crippen molar-refractivity contribution in [3.05, 3.63) is 29.8 Å². The third kappa shape index (κ3) is 9.88. The van der Waals surface area contributed by atoms with Gasteiger partial charge in [0.25, 0.3) is 0 Å². The van der Waals surface area contributed by atoms with E-state index in [9.17, 15) is 9.59 Å². The van der Waals surface area contributed by atoms with Gasteiger partial charge in [-0.15, -0.1) is 0 Å². The highest BCUT2D eigenvalue weighted by atomic mass is 16.5. The Labute approximate surface area is 141 Å². The zero-order valence-electron chi connectivity index (χ0n) is 15.6. The standard InChI is InChI=1S/C17H24O3.C3H8/c1-5-14(18)9-6-13-7-10-15(11-8-13)20-12-16(19)17(2,3)4;1-3-2/h7-8,10-11H,5-6,9,12H2,1-4H3;3H2,1-2H3. The van der Waals surface area contributed by atoms with E-state index < -0.39 is 0 Å². The molecule has 0 saturated heterocycles. The minimum absolute atomic E-state index is 0.0788. The van der Waals surface area contributed by atoms with Crippen molar-refractivity contribution in [1.82, 2.24) is 0 Å². The Morgan fingerprint density at radius 3 is 1.96 bits per heavy atom. The van der Waals surface area contributed by atoms with Crippen molar-refractivity contribution in [2.75, 3.05) is 6.61 Å². The lowest BCUT2D eigenvalue weighted by Crippen LogP contribution is -2.26. The fraction of sp³-hybridized carbons (Fsp3) is 0.600. The van der Waals surface area contributed by atoms with E-state index in [4.69, 9.17) is 4.74 Å². The summed E-state index contributed by atoms with van der Waals surface area (Å²) in [4.78, 5) is 23.0. The molecular weight excluding hydrogens is 288 g/mol. The third-order valence-electron chi connectivity index (χ3n) is 3.22. The molecule has 0 aliphatic heterocycles. The van der Waals surface area contributed by atoms with Crippen molar-refractivity contribution in [2.45, 2.75) is 67.2 Å². The lowest BCUT2D eigenvalue weighted by Gasteiger charge is -2.16. The van der Waals surface area contributed by atoms with E-state index in [1.807, 2.05) is 52.0 Å². The van der Waals surface area contributed by atoms with Gasteiger partial charge < -0.3 is 4.74 Å². The second-order valence-corrected chi connectivity index (χ2v) is 6.71. The summed E-state index contributed by atoms with van der Waals surface area (Å²) in [6, 6.07) is 7.59. The van der Waals surface area contributed by atoms with E-state index in [-0.39, 0.29) is 23.6 Å². The number of carbonyl (C=O) groups is 2. The summed E-state index contributed by atoms with van der Waals surface area (Å²) in [6.45, 7) is 11.9. The molecule has 0 amide bonds. The SMILES string of the molecule is CCC.CCC(=O)CCc1ccc(OCC(=O)C(C)(C)C)cc1. The third-order valence-corrected chi connectivity index (χ3v) is 3.22. The molecule has 0 atom stereocenters. The molecule has 0 bridgehead atoms. The van der Waals surface area contributed by atoms with Crippen LogP contribution in [0.15, 0.2) is 24.3 Å². The summed E-state index contributed by atoms with van der Waals surface area (Å²) >= 11 is 0. The molecule has 3 heteroatoms. The number of aryl methyl sites for hydroxylation is 1. The maximum absolute atomic E-state index is 11.8. The zero-order chi connectivity index (χ0) is 17.9. The molecule has 0 N–H and O–H groups in total. The van der Waals surface area contributed by atoms with Crippen LogP contribution in [0.3, 0.4) is 0 Å². The average molecular weight is 320 g/mol. The molecule has 0 aliphatic carbocycles. The number of carbonyl (C=O) groups excluding carboxylic acids is 2. The number of hydrogen-bond donors (Lipinski definition) is 0. The molecule has 1 rings (SSSR count). The number of benzene rings is 1. The van der Waals surface area contributed by atoms with E-state index >= 15 is 0 Å². The highest BCUT2D eigenvalue weighted by molar-refractivity contribution is 5.85. The van der Waals surface area contributed by atoms with E-state index in [0.717, 1.165) is 12.0 Å². The molecule has 0 unspecified atom stereocenters. The average Bonchev–Trinajstić information content (AvgIpc) is 2.51. The molecule has 1 aromatic rings. The topological polar surface area (TPSA) is 43.4 Å². The van der Waals surface area contributed by atoms with E-state index in [0.29, 0.717) is 18.6 Å². The molecule has 3 nitrogen and oxygen atoms in total. The molecule has 0 aliphatic rings. The van der Waals surface area contributed by atoms with Crippen LogP contribution in [0, 0.1) is 5.41 Å². The van der Waals surface area contributed by atoms with Gasteiger partial charge in [-0.1, -0.05) is 60.1 Å². The van der Waals surface area contributed by atoms with Crippen LogP contribution in [0.4, 0.5) is 0 Å². The van der Waals surface area contributed by atoms with Crippen molar-refractivity contribution in [3.63, 3.8) is 0 Å². The van der Waals surface area contributed by atoms with Gasteiger partial charge in [-0.05, 0) is 24.1 Å². The number of rotatable bonds is 7. The Hall–Kier alpha value is -1.64. The van der Waals surface area contributed by atoms with Crippen LogP contribution in [0.5, 0.6) is 5.75 Å². The summed E-state index contributed by atoms with van der Waals surface area (Å²) in [6.07, 6.45) is 3.18. The molecule has 0 saturated carbocycles. The van der Waals surface area contributed by atoms with Gasteiger partial charge in [-0.3, -0.25) is 9.59 Å². The van der Waals surface area contributed by atoms with Gasteiger partial charge in [-0.25, -0.2) is 0 Å². The van der Waals surface area contributed by atoms with Crippen LogP contribution in [0.2, 0.25) is 0 Å². The molecule has 130 valence electrons. The second kappa shape index (κ2) is 11.0. The summed E-state index contributed by atoms with van der Waals surface area (Å²) in [5, 5.41) is 0. The van der Waals surface area contributed by atoms with E-state index in [2.05, 4.69) is 13.8 Å². The van der Waals surface area contributed by atoms with Gasteiger partial charge in [0.15, 0.2) is 5.78 Å². The van der Waals surface area contributed by atoms with Crippen LogP contribution in [0.25, 0.3) is 0 Å².